The van der Waals surface area contributed by atoms with Crippen molar-refractivity contribution in [1.29, 1.82) is 0 Å². The fourth-order valence-corrected chi connectivity index (χ4v) is 1.75. The average molecular weight is 259 g/mol. The zero-order chi connectivity index (χ0) is 13.5. The van der Waals surface area contributed by atoms with Gasteiger partial charge in [0.1, 0.15) is 6.33 Å². The van der Waals surface area contributed by atoms with Crippen molar-refractivity contribution in [2.24, 2.45) is 0 Å². The fraction of sp³-hybridized carbons (Fsp3) is 0.286. The summed E-state index contributed by atoms with van der Waals surface area (Å²) in [7, 11) is 3.26. The van der Waals surface area contributed by atoms with Gasteiger partial charge in [-0.2, -0.15) is 0 Å². The van der Waals surface area contributed by atoms with E-state index in [0.717, 1.165) is 29.3 Å². The van der Waals surface area contributed by atoms with Gasteiger partial charge in [0, 0.05) is 19.3 Å². The van der Waals surface area contributed by atoms with Crippen molar-refractivity contribution in [3.8, 4) is 11.5 Å². The monoisotopic (exact) mass is 259 g/mol. The molecule has 1 N–H and O–H groups in total. The maximum absolute atomic E-state index is 5.27. The van der Waals surface area contributed by atoms with Gasteiger partial charge in [-0.25, -0.2) is 9.97 Å². The van der Waals surface area contributed by atoms with Crippen LogP contribution in [0.4, 0.5) is 0 Å². The van der Waals surface area contributed by atoms with E-state index in [9.17, 15) is 0 Å². The van der Waals surface area contributed by atoms with Crippen LogP contribution in [0.5, 0.6) is 11.5 Å². The molecule has 0 unspecified atom stereocenters. The Bertz CT molecular complexity index is 517. The van der Waals surface area contributed by atoms with E-state index in [0.29, 0.717) is 6.54 Å². The number of rotatable bonds is 6. The van der Waals surface area contributed by atoms with E-state index in [1.165, 1.54) is 0 Å². The summed E-state index contributed by atoms with van der Waals surface area (Å²) in [5.41, 5.74) is 2.10. The largest absolute Gasteiger partial charge is 0.493 e. The van der Waals surface area contributed by atoms with Crippen molar-refractivity contribution in [3.63, 3.8) is 0 Å². The molecule has 0 fully saturated rings. The number of benzene rings is 1. The van der Waals surface area contributed by atoms with Gasteiger partial charge in [-0.15, -0.1) is 0 Å². The van der Waals surface area contributed by atoms with E-state index in [1.54, 1.807) is 26.7 Å². The van der Waals surface area contributed by atoms with Crippen LogP contribution in [0.25, 0.3) is 0 Å². The lowest BCUT2D eigenvalue weighted by atomic mass is 10.2. The van der Waals surface area contributed by atoms with E-state index in [4.69, 9.17) is 9.47 Å². The predicted octanol–water partition coefficient (Wildman–Crippen LogP) is 1.78. The molecule has 2 aromatic rings. The molecule has 19 heavy (non-hydrogen) atoms. The first-order valence-electron chi connectivity index (χ1n) is 6.00. The Morgan fingerprint density at radius 2 is 1.89 bits per heavy atom. The van der Waals surface area contributed by atoms with Crippen molar-refractivity contribution in [1.82, 2.24) is 15.3 Å². The molecule has 1 aromatic heterocycles. The number of aromatic nitrogens is 2. The number of nitrogens with zero attached hydrogens (tertiary/aromatic N) is 2. The summed E-state index contributed by atoms with van der Waals surface area (Å²) in [5, 5.41) is 3.32. The first kappa shape index (κ1) is 13.3. The maximum Gasteiger partial charge on any atom is 0.161 e. The standard InChI is InChI=1S/C14H17N3O2/c1-18-13-4-3-11(7-14(13)19-2)8-16-9-12-5-6-15-10-17-12/h3-7,10,16H,8-9H2,1-2H3. The van der Waals surface area contributed by atoms with Gasteiger partial charge in [-0.1, -0.05) is 6.07 Å². The molecule has 0 saturated heterocycles. The highest BCUT2D eigenvalue weighted by atomic mass is 16.5. The third kappa shape index (κ3) is 3.66. The average Bonchev–Trinajstić information content (AvgIpc) is 2.48. The van der Waals surface area contributed by atoms with Crippen LogP contribution < -0.4 is 14.8 Å². The van der Waals surface area contributed by atoms with Gasteiger partial charge in [-0.3, -0.25) is 0 Å². The molecule has 2 rings (SSSR count). The molecule has 0 spiro atoms. The summed E-state index contributed by atoms with van der Waals surface area (Å²) in [6.07, 6.45) is 3.29. The topological polar surface area (TPSA) is 56.3 Å². The second-order valence-electron chi connectivity index (χ2n) is 3.99. The van der Waals surface area contributed by atoms with Crippen LogP contribution in [0.1, 0.15) is 11.3 Å². The van der Waals surface area contributed by atoms with Crippen LogP contribution in [-0.2, 0) is 13.1 Å². The number of hydrogen-bond acceptors (Lipinski definition) is 5. The van der Waals surface area contributed by atoms with Gasteiger partial charge in [-0.05, 0) is 23.8 Å². The number of nitrogens with one attached hydrogen (secondary N) is 1. The minimum Gasteiger partial charge on any atom is -0.493 e. The van der Waals surface area contributed by atoms with Gasteiger partial charge < -0.3 is 14.8 Å². The normalized spacial score (nSPS) is 10.2. The Kier molecular flexibility index (Phi) is 4.69. The molecule has 1 aromatic carbocycles. The van der Waals surface area contributed by atoms with E-state index in [-0.39, 0.29) is 0 Å². The molecule has 1 heterocycles. The molecule has 0 radical (unpaired) electrons. The van der Waals surface area contributed by atoms with Crippen LogP contribution in [-0.4, -0.2) is 24.2 Å². The number of ether oxygens (including phenoxy) is 2. The highest BCUT2D eigenvalue weighted by Gasteiger charge is 2.04. The van der Waals surface area contributed by atoms with Crippen LogP contribution in [0.2, 0.25) is 0 Å². The summed E-state index contributed by atoms with van der Waals surface area (Å²) in [5.74, 6) is 1.48. The Hall–Kier alpha value is -2.14. The molecule has 0 bridgehead atoms. The van der Waals surface area contributed by atoms with Gasteiger partial charge in [0.2, 0.25) is 0 Å². The zero-order valence-electron chi connectivity index (χ0n) is 11.1. The van der Waals surface area contributed by atoms with E-state index in [1.807, 2.05) is 24.3 Å². The number of methoxy groups -OCH3 is 2. The molecular weight excluding hydrogens is 242 g/mol. The van der Waals surface area contributed by atoms with Crippen molar-refractivity contribution in [2.75, 3.05) is 14.2 Å². The SMILES string of the molecule is COc1ccc(CNCc2ccncn2)cc1OC. The van der Waals surface area contributed by atoms with Crippen molar-refractivity contribution in [3.05, 3.63) is 48.0 Å². The third-order valence-corrected chi connectivity index (χ3v) is 2.73. The lowest BCUT2D eigenvalue weighted by Crippen LogP contribution is -2.13. The van der Waals surface area contributed by atoms with Crippen LogP contribution in [0.3, 0.4) is 0 Å². The second kappa shape index (κ2) is 6.70. The van der Waals surface area contributed by atoms with Crippen molar-refractivity contribution in [2.45, 2.75) is 13.1 Å². The fourth-order valence-electron chi connectivity index (χ4n) is 1.75. The van der Waals surface area contributed by atoms with Gasteiger partial charge in [0.25, 0.3) is 0 Å². The Labute approximate surface area is 112 Å². The lowest BCUT2D eigenvalue weighted by molar-refractivity contribution is 0.354. The summed E-state index contributed by atoms with van der Waals surface area (Å²) in [6, 6.07) is 7.77. The molecule has 5 heteroatoms. The molecule has 0 amide bonds. The summed E-state index contributed by atoms with van der Waals surface area (Å²) in [4.78, 5) is 8.04. The Morgan fingerprint density at radius 1 is 1.05 bits per heavy atom. The number of hydrogen-bond donors (Lipinski definition) is 1. The summed E-state index contributed by atoms with van der Waals surface area (Å²) < 4.78 is 10.5. The smallest absolute Gasteiger partial charge is 0.161 e. The van der Waals surface area contributed by atoms with Crippen LogP contribution in [0, 0.1) is 0 Å². The second-order valence-corrected chi connectivity index (χ2v) is 3.99. The molecule has 0 aliphatic carbocycles. The first-order valence-corrected chi connectivity index (χ1v) is 6.00. The molecule has 0 atom stereocenters. The maximum atomic E-state index is 5.27. The van der Waals surface area contributed by atoms with Gasteiger partial charge in [0.15, 0.2) is 11.5 Å². The van der Waals surface area contributed by atoms with E-state index >= 15 is 0 Å². The molecular formula is C14H17N3O2. The lowest BCUT2D eigenvalue weighted by Gasteiger charge is -2.10. The Balaban J connectivity index is 1.93. The minimum absolute atomic E-state index is 0.705. The molecule has 100 valence electrons. The van der Waals surface area contributed by atoms with Crippen LogP contribution in [0.15, 0.2) is 36.8 Å². The molecule has 0 aliphatic rings. The minimum atomic E-state index is 0.705. The predicted molar refractivity (Wildman–Crippen MR) is 72.1 cm³/mol. The zero-order valence-corrected chi connectivity index (χ0v) is 11.1. The molecule has 0 aliphatic heterocycles. The molecule has 0 saturated carbocycles. The third-order valence-electron chi connectivity index (χ3n) is 2.73. The highest BCUT2D eigenvalue weighted by Crippen LogP contribution is 2.27. The van der Waals surface area contributed by atoms with E-state index in [2.05, 4.69) is 15.3 Å². The van der Waals surface area contributed by atoms with Gasteiger partial charge >= 0.3 is 0 Å². The molecule has 5 nitrogen and oxygen atoms in total. The highest BCUT2D eigenvalue weighted by molar-refractivity contribution is 5.42. The summed E-state index contributed by atoms with van der Waals surface area (Å²) >= 11 is 0. The first-order chi connectivity index (χ1) is 9.33. The quantitative estimate of drug-likeness (QED) is 0.857. The van der Waals surface area contributed by atoms with Crippen LogP contribution >= 0.6 is 0 Å². The van der Waals surface area contributed by atoms with Crippen molar-refractivity contribution >= 4 is 0 Å². The van der Waals surface area contributed by atoms with Gasteiger partial charge in [0.05, 0.1) is 19.9 Å². The summed E-state index contributed by atoms with van der Waals surface area (Å²) in [6.45, 7) is 1.45. The van der Waals surface area contributed by atoms with E-state index < -0.39 is 0 Å². The Morgan fingerprint density at radius 3 is 2.58 bits per heavy atom. The van der Waals surface area contributed by atoms with Crippen molar-refractivity contribution < 1.29 is 9.47 Å².